The van der Waals surface area contributed by atoms with Crippen molar-refractivity contribution in [2.45, 2.75) is 32.9 Å². The summed E-state index contributed by atoms with van der Waals surface area (Å²) in [7, 11) is 0. The molecule has 0 aliphatic carbocycles. The smallest absolute Gasteiger partial charge is 0.0710 e. The average molecular weight is 258 g/mol. The van der Waals surface area contributed by atoms with Crippen LogP contribution in [0.3, 0.4) is 0 Å². The predicted molar refractivity (Wildman–Crippen MR) is 63.6 cm³/mol. The first-order valence-electron chi connectivity index (χ1n) is 4.71. The molecule has 0 radical (unpaired) electrons. The normalized spacial score (nSPS) is 14.9. The van der Waals surface area contributed by atoms with Crippen molar-refractivity contribution in [2.24, 2.45) is 0 Å². The van der Waals surface area contributed by atoms with Gasteiger partial charge in [0, 0.05) is 16.2 Å². The van der Waals surface area contributed by atoms with Gasteiger partial charge in [0.2, 0.25) is 0 Å². The molecule has 0 fully saturated rings. The number of benzene rings is 1. The van der Waals surface area contributed by atoms with Gasteiger partial charge in [-0.2, -0.15) is 0 Å². The number of halogens is 1. The lowest BCUT2D eigenvalue weighted by atomic mass is 10.1. The van der Waals surface area contributed by atoms with Gasteiger partial charge in [0.1, 0.15) is 0 Å². The Hall–Kier alpha value is -0.540. The van der Waals surface area contributed by atoms with Crippen LogP contribution in [0.1, 0.15) is 19.4 Å². The molecule has 1 aromatic rings. The van der Waals surface area contributed by atoms with E-state index in [0.717, 1.165) is 10.2 Å². The summed E-state index contributed by atoms with van der Waals surface area (Å²) in [5.74, 6) is 0. The number of aliphatic hydroxyl groups is 1. The first kappa shape index (κ1) is 11.5. The first-order chi connectivity index (χ1) is 6.50. The highest BCUT2D eigenvalue weighted by molar-refractivity contribution is 9.10. The second kappa shape index (κ2) is 4.80. The third-order valence-corrected chi connectivity index (χ3v) is 2.80. The summed E-state index contributed by atoms with van der Waals surface area (Å²) in [4.78, 5) is 0. The van der Waals surface area contributed by atoms with Gasteiger partial charge < -0.3 is 10.4 Å². The molecule has 2 unspecified atom stereocenters. The molecule has 0 aromatic heterocycles. The second-order valence-electron chi connectivity index (χ2n) is 3.63. The standard InChI is InChI=1S/C11H16BrNO/c1-7-4-5-10(12)6-11(7)13-8(2)9(3)14/h4-6,8-9,13-14H,1-3H3. The van der Waals surface area contributed by atoms with E-state index >= 15 is 0 Å². The van der Waals surface area contributed by atoms with E-state index in [0.29, 0.717) is 0 Å². The molecule has 0 saturated carbocycles. The van der Waals surface area contributed by atoms with Crippen LogP contribution in [-0.2, 0) is 0 Å². The van der Waals surface area contributed by atoms with E-state index in [1.807, 2.05) is 32.0 Å². The van der Waals surface area contributed by atoms with Gasteiger partial charge in [0.15, 0.2) is 0 Å². The summed E-state index contributed by atoms with van der Waals surface area (Å²) >= 11 is 3.42. The van der Waals surface area contributed by atoms with Gasteiger partial charge in [0.05, 0.1) is 6.10 Å². The highest BCUT2D eigenvalue weighted by atomic mass is 79.9. The van der Waals surface area contributed by atoms with Crippen molar-refractivity contribution in [1.82, 2.24) is 0 Å². The number of aliphatic hydroxyl groups excluding tert-OH is 1. The lowest BCUT2D eigenvalue weighted by molar-refractivity contribution is 0.178. The molecule has 0 heterocycles. The van der Waals surface area contributed by atoms with Crippen LogP contribution < -0.4 is 5.32 Å². The van der Waals surface area contributed by atoms with Crippen molar-refractivity contribution >= 4 is 21.6 Å². The summed E-state index contributed by atoms with van der Waals surface area (Å²) in [6.07, 6.45) is -0.353. The number of nitrogens with one attached hydrogen (secondary N) is 1. The molecule has 0 aliphatic heterocycles. The molecular formula is C11H16BrNO. The maximum Gasteiger partial charge on any atom is 0.0710 e. The van der Waals surface area contributed by atoms with E-state index in [1.54, 1.807) is 6.92 Å². The van der Waals surface area contributed by atoms with Crippen molar-refractivity contribution in [3.05, 3.63) is 28.2 Å². The molecule has 2 atom stereocenters. The molecule has 2 N–H and O–H groups in total. The van der Waals surface area contributed by atoms with Crippen molar-refractivity contribution in [1.29, 1.82) is 0 Å². The van der Waals surface area contributed by atoms with E-state index in [-0.39, 0.29) is 12.1 Å². The van der Waals surface area contributed by atoms with Crippen LogP contribution in [0, 0.1) is 6.92 Å². The molecule has 0 bridgehead atoms. The number of hydrogen-bond acceptors (Lipinski definition) is 2. The molecule has 2 nitrogen and oxygen atoms in total. The molecular weight excluding hydrogens is 242 g/mol. The Labute approximate surface area is 93.5 Å². The predicted octanol–water partition coefficient (Wildman–Crippen LogP) is 2.94. The summed E-state index contributed by atoms with van der Waals surface area (Å²) in [5.41, 5.74) is 2.24. The molecule has 1 aromatic carbocycles. The van der Waals surface area contributed by atoms with Gasteiger partial charge in [-0.1, -0.05) is 22.0 Å². The largest absolute Gasteiger partial charge is 0.391 e. The number of hydrogen-bond donors (Lipinski definition) is 2. The fourth-order valence-corrected chi connectivity index (χ4v) is 1.48. The lowest BCUT2D eigenvalue weighted by Gasteiger charge is -2.19. The number of anilines is 1. The van der Waals surface area contributed by atoms with Crippen LogP contribution in [0.25, 0.3) is 0 Å². The van der Waals surface area contributed by atoms with Crippen LogP contribution >= 0.6 is 15.9 Å². The Kier molecular flexibility index (Phi) is 3.96. The molecule has 0 saturated heterocycles. The van der Waals surface area contributed by atoms with Gasteiger partial charge >= 0.3 is 0 Å². The number of aryl methyl sites for hydroxylation is 1. The van der Waals surface area contributed by atoms with E-state index in [2.05, 4.69) is 21.2 Å². The minimum absolute atomic E-state index is 0.0583. The van der Waals surface area contributed by atoms with E-state index in [9.17, 15) is 5.11 Å². The van der Waals surface area contributed by atoms with Gasteiger partial charge in [-0.05, 0) is 38.5 Å². The quantitative estimate of drug-likeness (QED) is 0.873. The minimum Gasteiger partial charge on any atom is -0.391 e. The minimum atomic E-state index is -0.353. The third kappa shape index (κ3) is 3.00. The highest BCUT2D eigenvalue weighted by Crippen LogP contribution is 2.21. The Bertz CT molecular complexity index is 312. The zero-order valence-corrected chi connectivity index (χ0v) is 10.3. The Morgan fingerprint density at radius 2 is 2.00 bits per heavy atom. The van der Waals surface area contributed by atoms with Crippen molar-refractivity contribution in [3.8, 4) is 0 Å². The van der Waals surface area contributed by atoms with E-state index in [4.69, 9.17) is 0 Å². The van der Waals surface area contributed by atoms with Crippen LogP contribution in [0.5, 0.6) is 0 Å². The van der Waals surface area contributed by atoms with Crippen LogP contribution in [0.15, 0.2) is 22.7 Å². The van der Waals surface area contributed by atoms with Crippen molar-refractivity contribution < 1.29 is 5.11 Å². The van der Waals surface area contributed by atoms with Crippen molar-refractivity contribution in [2.75, 3.05) is 5.32 Å². The summed E-state index contributed by atoms with van der Waals surface area (Å²) < 4.78 is 1.04. The summed E-state index contributed by atoms with van der Waals surface area (Å²) in [5, 5.41) is 12.6. The molecule has 0 amide bonds. The van der Waals surface area contributed by atoms with Crippen LogP contribution in [0.2, 0.25) is 0 Å². The summed E-state index contributed by atoms with van der Waals surface area (Å²) in [6, 6.07) is 6.13. The molecule has 3 heteroatoms. The van der Waals surface area contributed by atoms with Gasteiger partial charge in [0.25, 0.3) is 0 Å². The van der Waals surface area contributed by atoms with E-state index in [1.165, 1.54) is 5.56 Å². The first-order valence-corrected chi connectivity index (χ1v) is 5.50. The molecule has 0 spiro atoms. The molecule has 78 valence electrons. The fraction of sp³-hybridized carbons (Fsp3) is 0.455. The maximum absolute atomic E-state index is 9.37. The van der Waals surface area contributed by atoms with E-state index < -0.39 is 0 Å². The maximum atomic E-state index is 9.37. The average Bonchev–Trinajstić information content (AvgIpc) is 2.11. The SMILES string of the molecule is Cc1ccc(Br)cc1NC(C)C(C)O. The zero-order chi connectivity index (χ0) is 10.7. The number of rotatable bonds is 3. The van der Waals surface area contributed by atoms with Crippen LogP contribution in [0.4, 0.5) is 5.69 Å². The van der Waals surface area contributed by atoms with Gasteiger partial charge in [-0.15, -0.1) is 0 Å². The van der Waals surface area contributed by atoms with Crippen molar-refractivity contribution in [3.63, 3.8) is 0 Å². The Balaban J connectivity index is 2.80. The Morgan fingerprint density at radius 3 is 2.57 bits per heavy atom. The molecule has 1 rings (SSSR count). The third-order valence-electron chi connectivity index (χ3n) is 2.31. The molecule has 0 aliphatic rings. The van der Waals surface area contributed by atoms with Crippen LogP contribution in [-0.4, -0.2) is 17.3 Å². The topological polar surface area (TPSA) is 32.3 Å². The molecule has 14 heavy (non-hydrogen) atoms. The van der Waals surface area contributed by atoms with Gasteiger partial charge in [-0.3, -0.25) is 0 Å². The highest BCUT2D eigenvalue weighted by Gasteiger charge is 2.09. The monoisotopic (exact) mass is 257 g/mol. The van der Waals surface area contributed by atoms with Gasteiger partial charge in [-0.25, -0.2) is 0 Å². The lowest BCUT2D eigenvalue weighted by Crippen LogP contribution is -2.28. The fourth-order valence-electron chi connectivity index (χ4n) is 1.12. The zero-order valence-electron chi connectivity index (χ0n) is 8.71. The summed E-state index contributed by atoms with van der Waals surface area (Å²) in [6.45, 7) is 5.79. The Morgan fingerprint density at radius 1 is 1.36 bits per heavy atom. The second-order valence-corrected chi connectivity index (χ2v) is 4.55.